The fraction of sp³-hybridized carbons (Fsp3) is 0. The molecule has 0 amide bonds. The largest absolute Gasteiger partial charge is 0.375 e. The minimum absolute atomic E-state index is 0.133. The van der Waals surface area contributed by atoms with Gasteiger partial charge in [-0.25, -0.2) is 0 Å². The molecule has 1 aromatic rings. The third kappa shape index (κ3) is 3.02. The van der Waals surface area contributed by atoms with E-state index in [0.29, 0.717) is 0 Å². The van der Waals surface area contributed by atoms with Crippen LogP contribution in [-0.2, 0) is 0 Å². The Kier molecular flexibility index (Phi) is 3.09. The third-order valence-corrected chi connectivity index (χ3v) is 1.09. The van der Waals surface area contributed by atoms with Gasteiger partial charge in [0.2, 0.25) is 0 Å². The van der Waals surface area contributed by atoms with Crippen LogP contribution < -0.4 is 11.2 Å². The van der Waals surface area contributed by atoms with E-state index in [-0.39, 0.29) is 5.11 Å². The van der Waals surface area contributed by atoms with Crippen molar-refractivity contribution in [2.45, 2.75) is 0 Å². The van der Waals surface area contributed by atoms with Gasteiger partial charge >= 0.3 is 0 Å². The monoisotopic (exact) mass is 181 g/mol. The van der Waals surface area contributed by atoms with Crippen LogP contribution >= 0.6 is 12.2 Å². The van der Waals surface area contributed by atoms with Crippen molar-refractivity contribution in [1.82, 2.24) is 15.6 Å². The van der Waals surface area contributed by atoms with E-state index in [2.05, 4.69) is 32.9 Å². The minimum atomic E-state index is 0.133. The van der Waals surface area contributed by atoms with Crippen LogP contribution in [0.3, 0.4) is 0 Å². The molecule has 6 heteroatoms. The van der Waals surface area contributed by atoms with E-state index < -0.39 is 0 Å². The van der Waals surface area contributed by atoms with E-state index >= 15 is 0 Å². The third-order valence-electron chi connectivity index (χ3n) is 0.995. The van der Waals surface area contributed by atoms with E-state index in [4.69, 9.17) is 5.73 Å². The molecular weight excluding hydrogens is 174 g/mol. The maximum absolute atomic E-state index is 5.14. The van der Waals surface area contributed by atoms with Crippen LogP contribution in [0.25, 0.3) is 0 Å². The quantitative estimate of drug-likeness (QED) is 0.370. The molecule has 62 valence electrons. The Hall–Kier alpha value is -1.56. The molecule has 0 radical (unpaired) electrons. The standard InChI is InChI=1S/C6H7N5S/c7-6(12)11-10-4-5-1-2-8-9-3-5/h1-4H,(H3,7,11,12). The number of hydrogen-bond acceptors (Lipinski definition) is 4. The van der Waals surface area contributed by atoms with Crippen molar-refractivity contribution in [1.29, 1.82) is 0 Å². The highest BCUT2D eigenvalue weighted by atomic mass is 32.1. The number of nitrogens with one attached hydrogen (secondary N) is 1. The van der Waals surface area contributed by atoms with Gasteiger partial charge in [-0.15, -0.1) is 0 Å². The van der Waals surface area contributed by atoms with Gasteiger partial charge in [0, 0.05) is 5.56 Å². The first-order valence-electron chi connectivity index (χ1n) is 3.14. The first-order valence-corrected chi connectivity index (χ1v) is 3.55. The summed E-state index contributed by atoms with van der Waals surface area (Å²) in [5, 5.41) is 11.1. The Labute approximate surface area is 74.7 Å². The van der Waals surface area contributed by atoms with Crippen molar-refractivity contribution in [2.75, 3.05) is 0 Å². The maximum Gasteiger partial charge on any atom is 0.184 e. The van der Waals surface area contributed by atoms with Gasteiger partial charge < -0.3 is 5.73 Å². The zero-order valence-corrected chi connectivity index (χ0v) is 6.95. The number of rotatable bonds is 2. The molecule has 0 fully saturated rings. The van der Waals surface area contributed by atoms with Crippen LogP contribution in [0.4, 0.5) is 0 Å². The lowest BCUT2D eigenvalue weighted by Gasteiger charge is -1.92. The van der Waals surface area contributed by atoms with Gasteiger partial charge in [0.05, 0.1) is 18.6 Å². The number of hydrogen-bond donors (Lipinski definition) is 2. The molecule has 0 aliphatic rings. The molecule has 1 aromatic heterocycles. The molecule has 0 aliphatic carbocycles. The lowest BCUT2D eigenvalue weighted by Crippen LogP contribution is -2.23. The molecule has 0 bridgehead atoms. The van der Waals surface area contributed by atoms with Crippen molar-refractivity contribution in [3.8, 4) is 0 Å². The topological polar surface area (TPSA) is 76.2 Å². The van der Waals surface area contributed by atoms with Crippen molar-refractivity contribution >= 4 is 23.5 Å². The van der Waals surface area contributed by atoms with E-state index in [1.165, 1.54) is 0 Å². The average molecular weight is 181 g/mol. The van der Waals surface area contributed by atoms with Crippen LogP contribution in [0, 0.1) is 0 Å². The molecule has 0 aromatic carbocycles. The van der Waals surface area contributed by atoms with E-state index in [0.717, 1.165) is 5.56 Å². The lowest BCUT2D eigenvalue weighted by atomic mass is 10.3. The Morgan fingerprint density at radius 3 is 3.08 bits per heavy atom. The van der Waals surface area contributed by atoms with Gasteiger partial charge in [0.15, 0.2) is 5.11 Å². The fourth-order valence-corrected chi connectivity index (χ4v) is 0.600. The number of thiocarbonyl (C=S) groups is 1. The number of aromatic nitrogens is 2. The Morgan fingerprint density at radius 1 is 1.67 bits per heavy atom. The van der Waals surface area contributed by atoms with Crippen molar-refractivity contribution in [2.24, 2.45) is 10.8 Å². The van der Waals surface area contributed by atoms with Gasteiger partial charge in [-0.1, -0.05) is 0 Å². The van der Waals surface area contributed by atoms with Crippen molar-refractivity contribution in [3.63, 3.8) is 0 Å². The molecule has 12 heavy (non-hydrogen) atoms. The summed E-state index contributed by atoms with van der Waals surface area (Å²) in [6, 6.07) is 1.76. The van der Waals surface area contributed by atoms with Crippen LogP contribution in [0.15, 0.2) is 23.6 Å². The van der Waals surface area contributed by atoms with Crippen LogP contribution in [0.2, 0.25) is 0 Å². The summed E-state index contributed by atoms with van der Waals surface area (Å²) >= 11 is 4.54. The van der Waals surface area contributed by atoms with E-state index in [9.17, 15) is 0 Å². The van der Waals surface area contributed by atoms with E-state index in [1.807, 2.05) is 0 Å². The van der Waals surface area contributed by atoms with Crippen LogP contribution in [0.5, 0.6) is 0 Å². The summed E-state index contributed by atoms with van der Waals surface area (Å²) < 4.78 is 0. The van der Waals surface area contributed by atoms with Gasteiger partial charge in [0.1, 0.15) is 0 Å². The fourth-order valence-electron chi connectivity index (χ4n) is 0.548. The molecule has 0 atom stereocenters. The van der Waals surface area contributed by atoms with Gasteiger partial charge in [0.25, 0.3) is 0 Å². The predicted molar refractivity (Wildman–Crippen MR) is 49.5 cm³/mol. The van der Waals surface area contributed by atoms with Crippen LogP contribution in [-0.4, -0.2) is 21.5 Å². The molecule has 0 saturated carbocycles. The number of hydrazone groups is 1. The Balaban J connectivity index is 2.52. The van der Waals surface area contributed by atoms with Crippen molar-refractivity contribution in [3.05, 3.63) is 24.0 Å². The Morgan fingerprint density at radius 2 is 2.50 bits per heavy atom. The molecule has 1 rings (SSSR count). The Bertz CT molecular complexity index is 283. The summed E-state index contributed by atoms with van der Waals surface area (Å²) in [5.41, 5.74) is 8.39. The second kappa shape index (κ2) is 4.35. The van der Waals surface area contributed by atoms with Gasteiger partial charge in [-0.2, -0.15) is 15.3 Å². The molecule has 0 spiro atoms. The second-order valence-electron chi connectivity index (χ2n) is 1.91. The highest BCUT2D eigenvalue weighted by Gasteiger charge is 1.84. The molecule has 3 N–H and O–H groups in total. The highest BCUT2D eigenvalue weighted by Crippen LogP contribution is 1.86. The summed E-state index contributed by atoms with van der Waals surface area (Å²) in [7, 11) is 0. The summed E-state index contributed by atoms with van der Waals surface area (Å²) in [6.07, 6.45) is 4.70. The lowest BCUT2D eigenvalue weighted by molar-refractivity contribution is 1.02. The van der Waals surface area contributed by atoms with E-state index in [1.54, 1.807) is 24.7 Å². The molecule has 0 aliphatic heterocycles. The molecular formula is C6H7N5S. The normalized spacial score (nSPS) is 10.0. The first-order chi connectivity index (χ1) is 5.79. The zero-order valence-electron chi connectivity index (χ0n) is 6.14. The van der Waals surface area contributed by atoms with Gasteiger partial charge in [-0.05, 0) is 18.3 Å². The minimum Gasteiger partial charge on any atom is -0.375 e. The summed E-state index contributed by atoms with van der Waals surface area (Å²) in [5.74, 6) is 0. The first kappa shape index (κ1) is 8.54. The second-order valence-corrected chi connectivity index (χ2v) is 2.35. The van der Waals surface area contributed by atoms with Crippen molar-refractivity contribution < 1.29 is 0 Å². The molecule has 0 unspecified atom stereocenters. The smallest absolute Gasteiger partial charge is 0.184 e. The molecule has 0 saturated heterocycles. The number of nitrogens with zero attached hydrogens (tertiary/aromatic N) is 3. The highest BCUT2D eigenvalue weighted by molar-refractivity contribution is 7.80. The zero-order chi connectivity index (χ0) is 8.81. The SMILES string of the molecule is NC(=S)NN=Cc1ccnnc1. The molecule has 1 heterocycles. The summed E-state index contributed by atoms with van der Waals surface area (Å²) in [6.45, 7) is 0. The summed E-state index contributed by atoms with van der Waals surface area (Å²) in [4.78, 5) is 0. The van der Waals surface area contributed by atoms with Gasteiger partial charge in [-0.3, -0.25) is 5.43 Å². The number of nitrogens with two attached hydrogens (primary N) is 1. The van der Waals surface area contributed by atoms with Crippen LogP contribution in [0.1, 0.15) is 5.56 Å². The molecule has 5 nitrogen and oxygen atoms in total. The predicted octanol–water partition coefficient (Wildman–Crippen LogP) is -0.356. The average Bonchev–Trinajstić information content (AvgIpc) is 2.05. The maximum atomic E-state index is 5.14.